The maximum atomic E-state index is 11.3. The smallest absolute Gasteiger partial charge is 0.434 e. The van der Waals surface area contributed by atoms with Gasteiger partial charge in [-0.25, -0.2) is 4.98 Å². The van der Waals surface area contributed by atoms with Crippen molar-refractivity contribution >= 4 is 39.0 Å². The van der Waals surface area contributed by atoms with Gasteiger partial charge in [0.2, 0.25) is 0 Å². The van der Waals surface area contributed by atoms with Crippen molar-refractivity contribution in [3.63, 3.8) is 0 Å². The van der Waals surface area contributed by atoms with Gasteiger partial charge in [0.05, 0.1) is 15.8 Å². The second-order valence-electron chi connectivity index (χ2n) is 5.36. The van der Waals surface area contributed by atoms with Gasteiger partial charge in [0.15, 0.2) is 0 Å². The lowest BCUT2D eigenvalue weighted by Crippen LogP contribution is -2.59. The second-order valence-corrected chi connectivity index (χ2v) is 7.36. The molecule has 3 N–H and O–H groups in total. The third-order valence-electron chi connectivity index (χ3n) is 3.97. The Hall–Kier alpha value is -1.87. The number of nitrogens with two attached hydrogens (primary N) is 1. The Morgan fingerprint density at radius 1 is 1.45 bits per heavy atom. The number of nitrogens with zero attached hydrogens (tertiary/aromatic N) is 3. The summed E-state index contributed by atoms with van der Waals surface area (Å²) in [6, 6.07) is 1.96. The minimum absolute atomic E-state index is 0.335. The van der Waals surface area contributed by atoms with Gasteiger partial charge in [-0.05, 0) is 11.6 Å². The predicted molar refractivity (Wildman–Crippen MR) is 85.5 cm³/mol. The van der Waals surface area contributed by atoms with E-state index in [2.05, 4.69) is 15.3 Å². The first-order valence-electron chi connectivity index (χ1n) is 6.76. The lowest BCUT2D eigenvalue weighted by molar-refractivity contribution is -0.884. The van der Waals surface area contributed by atoms with Crippen molar-refractivity contribution in [3.05, 3.63) is 34.3 Å². The predicted octanol–water partition coefficient (Wildman–Crippen LogP) is 2.84. The van der Waals surface area contributed by atoms with Gasteiger partial charge in [-0.3, -0.25) is 4.98 Å². The molecule has 3 aromatic rings. The van der Waals surface area contributed by atoms with E-state index < -0.39 is 10.7 Å². The third-order valence-corrected chi connectivity index (χ3v) is 6.05. The van der Waals surface area contributed by atoms with E-state index in [1.165, 1.54) is 5.56 Å². The van der Waals surface area contributed by atoms with Gasteiger partial charge in [0, 0.05) is 23.6 Å². The van der Waals surface area contributed by atoms with E-state index in [9.17, 15) is 9.90 Å². The van der Waals surface area contributed by atoms with E-state index in [1.807, 2.05) is 6.07 Å². The summed E-state index contributed by atoms with van der Waals surface area (Å²) in [4.78, 5) is 21.1. The van der Waals surface area contributed by atoms with E-state index in [0.717, 1.165) is 25.7 Å². The fourth-order valence-electron chi connectivity index (χ4n) is 2.71. The van der Waals surface area contributed by atoms with E-state index in [1.54, 1.807) is 35.1 Å². The van der Waals surface area contributed by atoms with Crippen LogP contribution in [0.3, 0.4) is 0 Å². The Morgan fingerprint density at radius 2 is 2.32 bits per heavy atom. The van der Waals surface area contributed by atoms with Crippen LogP contribution >= 0.6 is 22.7 Å². The molecule has 6 nitrogen and oxygen atoms in total. The minimum Gasteiger partial charge on any atom is -0.434 e. The number of hydrogen-bond donors (Lipinski definition) is 2. The molecule has 112 valence electrons. The first-order valence-corrected chi connectivity index (χ1v) is 8.46. The molecule has 8 heteroatoms. The second kappa shape index (κ2) is 4.82. The average molecular weight is 333 g/mol. The molecule has 4 rings (SSSR count). The highest BCUT2D eigenvalue weighted by atomic mass is 32.1. The molecule has 0 spiro atoms. The molecule has 0 aliphatic carbocycles. The summed E-state index contributed by atoms with van der Waals surface area (Å²) in [6.45, 7) is 0.736. The van der Waals surface area contributed by atoms with Crippen LogP contribution in [-0.2, 0) is 13.0 Å². The zero-order valence-corrected chi connectivity index (χ0v) is 13.2. The number of aromatic nitrogens is 2. The Morgan fingerprint density at radius 3 is 3.09 bits per heavy atom. The molecule has 1 aliphatic rings. The number of carbonyl (C=O) groups is 1. The zero-order valence-electron chi connectivity index (χ0n) is 11.5. The maximum absolute atomic E-state index is 11.3. The molecular weight excluding hydrogens is 320 g/mol. The third kappa shape index (κ3) is 2.03. The molecule has 22 heavy (non-hydrogen) atoms. The van der Waals surface area contributed by atoms with Gasteiger partial charge in [0.1, 0.15) is 23.6 Å². The number of pyridine rings is 1. The van der Waals surface area contributed by atoms with Crippen molar-refractivity contribution in [2.45, 2.75) is 13.0 Å². The molecule has 0 fully saturated rings. The van der Waals surface area contributed by atoms with Crippen molar-refractivity contribution in [1.29, 1.82) is 0 Å². The van der Waals surface area contributed by atoms with Gasteiger partial charge in [0.25, 0.3) is 0 Å². The number of rotatable bonds is 1. The lowest BCUT2D eigenvalue weighted by Gasteiger charge is -2.30. The normalized spacial score (nSPS) is 21.0. The van der Waals surface area contributed by atoms with Crippen molar-refractivity contribution in [2.75, 3.05) is 6.54 Å². The van der Waals surface area contributed by atoms with E-state index in [-0.39, 0.29) is 0 Å². The fourth-order valence-corrected chi connectivity index (χ4v) is 4.94. The maximum Gasteiger partial charge on any atom is 0.533 e. The van der Waals surface area contributed by atoms with Gasteiger partial charge >= 0.3 is 6.09 Å². The van der Waals surface area contributed by atoms with Crippen LogP contribution in [0.15, 0.2) is 23.8 Å². The number of thiazole rings is 1. The Kier molecular flexibility index (Phi) is 3.01. The Bertz CT molecular complexity index is 855. The minimum atomic E-state index is -0.980. The topological polar surface area (TPSA) is 89.1 Å². The number of fused-ring (bicyclic) bond motifs is 2. The number of quaternary nitrogens is 1. The van der Waals surface area contributed by atoms with Crippen molar-refractivity contribution in [2.24, 2.45) is 5.84 Å². The number of carboxylic acid groups (broad SMARTS) is 1. The Balaban J connectivity index is 1.77. The monoisotopic (exact) mass is 333 g/mol. The SMILES string of the molecule is N[N+]1(C(=O)O)CCc2c(-c3nc4cnccc4s3)csc2C1. The fraction of sp³-hybridized carbons (Fsp3) is 0.214. The highest BCUT2D eigenvalue weighted by molar-refractivity contribution is 7.22. The van der Waals surface area contributed by atoms with Gasteiger partial charge < -0.3 is 5.11 Å². The molecular formula is C14H13N4O2S2+. The molecule has 0 bridgehead atoms. The van der Waals surface area contributed by atoms with Crippen LogP contribution in [0.1, 0.15) is 10.4 Å². The summed E-state index contributed by atoms with van der Waals surface area (Å²) in [7, 11) is 0. The quantitative estimate of drug-likeness (QED) is 0.406. The summed E-state index contributed by atoms with van der Waals surface area (Å²) in [5.41, 5.74) is 3.20. The average Bonchev–Trinajstić information content (AvgIpc) is 3.09. The van der Waals surface area contributed by atoms with Crippen LogP contribution in [0.25, 0.3) is 20.8 Å². The molecule has 4 heterocycles. The molecule has 3 aromatic heterocycles. The molecule has 0 saturated carbocycles. The van der Waals surface area contributed by atoms with Gasteiger partial charge in [-0.15, -0.1) is 27.3 Å². The summed E-state index contributed by atoms with van der Waals surface area (Å²) < 4.78 is 0.673. The van der Waals surface area contributed by atoms with Crippen LogP contribution in [0, 0.1) is 0 Å². The summed E-state index contributed by atoms with van der Waals surface area (Å²) in [5, 5.41) is 12.3. The van der Waals surface area contributed by atoms with E-state index in [4.69, 9.17) is 5.84 Å². The number of amides is 1. The Labute approximate surface area is 134 Å². The highest BCUT2D eigenvalue weighted by Crippen LogP contribution is 2.39. The molecule has 0 saturated heterocycles. The standard InChI is InChI=1S/C14H12N4O2S2/c15-18(14(19)20)4-2-8-9(7-21-12(8)6-18)13-17-10-5-16-3-1-11(10)22-13/h1,3,5,7H,2,4,6,15H2/p+1. The molecule has 1 atom stereocenters. The largest absolute Gasteiger partial charge is 0.533 e. The van der Waals surface area contributed by atoms with E-state index >= 15 is 0 Å². The first kappa shape index (κ1) is 13.8. The van der Waals surface area contributed by atoms with Crippen molar-refractivity contribution in [1.82, 2.24) is 9.97 Å². The van der Waals surface area contributed by atoms with Crippen LogP contribution < -0.4 is 5.84 Å². The zero-order chi connectivity index (χ0) is 15.3. The number of hydrogen-bond acceptors (Lipinski definition) is 6. The first-order chi connectivity index (χ1) is 10.6. The number of thiophene rings is 1. The lowest BCUT2D eigenvalue weighted by atomic mass is 10.0. The summed E-state index contributed by atoms with van der Waals surface area (Å²) >= 11 is 3.21. The molecule has 1 aliphatic heterocycles. The van der Waals surface area contributed by atoms with Crippen LogP contribution in [0.5, 0.6) is 0 Å². The van der Waals surface area contributed by atoms with Gasteiger partial charge in [-0.1, -0.05) is 0 Å². The van der Waals surface area contributed by atoms with Gasteiger partial charge in [-0.2, -0.15) is 10.6 Å². The summed E-state index contributed by atoms with van der Waals surface area (Å²) in [5.74, 6) is 5.95. The van der Waals surface area contributed by atoms with E-state index in [0.29, 0.717) is 19.5 Å². The van der Waals surface area contributed by atoms with Crippen molar-refractivity contribution < 1.29 is 14.5 Å². The van der Waals surface area contributed by atoms with Crippen LogP contribution in [-0.4, -0.2) is 32.3 Å². The van der Waals surface area contributed by atoms with Crippen LogP contribution in [0.2, 0.25) is 0 Å². The molecule has 1 unspecified atom stereocenters. The van der Waals surface area contributed by atoms with Crippen LogP contribution in [0.4, 0.5) is 4.79 Å². The molecule has 1 amide bonds. The molecule has 0 aromatic carbocycles. The summed E-state index contributed by atoms with van der Waals surface area (Å²) in [6.07, 6.45) is 3.21. The molecule has 0 radical (unpaired) electrons. The van der Waals surface area contributed by atoms with Crippen molar-refractivity contribution in [3.8, 4) is 10.6 Å². The highest BCUT2D eigenvalue weighted by Gasteiger charge is 2.39.